The first-order valence-corrected chi connectivity index (χ1v) is 11.0. The molecule has 0 atom stereocenters. The number of nitrogens with two attached hydrogens (primary N) is 1. The van der Waals surface area contributed by atoms with Gasteiger partial charge in [0.25, 0.3) is 0 Å². The molecule has 154 valence electrons. The van der Waals surface area contributed by atoms with E-state index in [-0.39, 0.29) is 5.41 Å². The van der Waals surface area contributed by atoms with Gasteiger partial charge >= 0.3 is 0 Å². The summed E-state index contributed by atoms with van der Waals surface area (Å²) in [5.41, 5.74) is 14.4. The zero-order valence-corrected chi connectivity index (χ0v) is 18.5. The van der Waals surface area contributed by atoms with Crippen molar-refractivity contribution in [2.75, 3.05) is 11.1 Å². The Morgan fingerprint density at radius 3 is 2.60 bits per heavy atom. The van der Waals surface area contributed by atoms with Gasteiger partial charge in [-0.05, 0) is 65.2 Å². The number of rotatable bonds is 5. The number of halogens is 1. The molecule has 0 bridgehead atoms. The van der Waals surface area contributed by atoms with Gasteiger partial charge < -0.3 is 11.1 Å². The van der Waals surface area contributed by atoms with E-state index in [0.29, 0.717) is 0 Å². The Labute approximate surface area is 184 Å². The van der Waals surface area contributed by atoms with E-state index in [1.54, 1.807) is 0 Å². The van der Waals surface area contributed by atoms with Crippen molar-refractivity contribution in [2.24, 2.45) is 0 Å². The van der Waals surface area contributed by atoms with Crippen LogP contribution in [-0.4, -0.2) is 0 Å². The molecule has 2 aromatic carbocycles. The molecule has 1 aliphatic carbocycles. The third-order valence-corrected chi connectivity index (χ3v) is 6.53. The molecule has 0 unspecified atom stereocenters. The molecule has 3 heteroatoms. The van der Waals surface area contributed by atoms with Crippen LogP contribution in [0.4, 0.5) is 11.4 Å². The smallest absolute Gasteiger partial charge is 0.0470 e. The minimum absolute atomic E-state index is 0.0142. The normalized spacial score (nSPS) is 19.2. The van der Waals surface area contributed by atoms with Gasteiger partial charge in [0.1, 0.15) is 0 Å². The minimum Gasteiger partial charge on any atom is -0.398 e. The fourth-order valence-electron chi connectivity index (χ4n) is 4.25. The van der Waals surface area contributed by atoms with E-state index in [0.717, 1.165) is 36.4 Å². The minimum atomic E-state index is -0.0142. The number of nitrogens with one attached hydrogen (secondary N) is 1. The first-order valence-electron chi connectivity index (χ1n) is 10.6. The summed E-state index contributed by atoms with van der Waals surface area (Å²) in [6, 6.07) is 16.6. The SMILES string of the molecule is CC(C)(C/C=C/C1=C(Cl)C(=C/C=C2\Cc3ccccc3N2)/CC1)c1ccccc1N. The lowest BCUT2D eigenvalue weighted by Gasteiger charge is -2.25. The summed E-state index contributed by atoms with van der Waals surface area (Å²) in [6.45, 7) is 4.47. The van der Waals surface area contributed by atoms with Crippen LogP contribution in [0.5, 0.6) is 0 Å². The Balaban J connectivity index is 1.43. The van der Waals surface area contributed by atoms with Crippen LogP contribution in [0.25, 0.3) is 0 Å². The number of fused-ring (bicyclic) bond motifs is 1. The van der Waals surface area contributed by atoms with E-state index in [9.17, 15) is 0 Å². The van der Waals surface area contributed by atoms with E-state index in [4.69, 9.17) is 17.3 Å². The van der Waals surface area contributed by atoms with Gasteiger partial charge in [-0.1, -0.05) is 80.1 Å². The van der Waals surface area contributed by atoms with Crippen molar-refractivity contribution in [3.05, 3.63) is 106 Å². The maximum absolute atomic E-state index is 6.70. The van der Waals surface area contributed by atoms with Gasteiger partial charge in [0.15, 0.2) is 0 Å². The standard InChI is InChI=1S/C27H29ClN2/c1-27(2,23-10-4-5-11-24(23)29)17-7-9-19-13-14-20(26(19)28)15-16-22-18-21-8-3-6-12-25(21)30-22/h3-12,15-16,30H,13-14,17-18,29H2,1-2H3/b9-7+,20-15+,22-16+. The van der Waals surface area contributed by atoms with Crippen molar-refractivity contribution in [3.8, 4) is 0 Å². The second-order valence-corrected chi connectivity index (χ2v) is 9.14. The number of anilines is 2. The van der Waals surface area contributed by atoms with E-state index in [2.05, 4.69) is 79.9 Å². The average molecular weight is 417 g/mol. The predicted molar refractivity (Wildman–Crippen MR) is 130 cm³/mol. The molecule has 1 aliphatic heterocycles. The van der Waals surface area contributed by atoms with Crippen LogP contribution in [0.1, 0.15) is 44.2 Å². The summed E-state index contributed by atoms with van der Waals surface area (Å²) in [5.74, 6) is 0. The highest BCUT2D eigenvalue weighted by Crippen LogP contribution is 2.37. The number of nitrogen functional groups attached to an aromatic ring is 1. The third-order valence-electron chi connectivity index (χ3n) is 6.04. The summed E-state index contributed by atoms with van der Waals surface area (Å²) in [7, 11) is 0. The molecule has 0 saturated carbocycles. The molecule has 4 rings (SSSR count). The lowest BCUT2D eigenvalue weighted by molar-refractivity contribution is 0.536. The van der Waals surface area contributed by atoms with E-state index in [1.165, 1.54) is 33.7 Å². The van der Waals surface area contributed by atoms with E-state index < -0.39 is 0 Å². The average Bonchev–Trinajstić information content (AvgIpc) is 3.30. The second-order valence-electron chi connectivity index (χ2n) is 8.76. The summed E-state index contributed by atoms with van der Waals surface area (Å²) in [6.07, 6.45) is 12.6. The van der Waals surface area contributed by atoms with Crippen LogP contribution >= 0.6 is 11.6 Å². The van der Waals surface area contributed by atoms with Crippen molar-refractivity contribution < 1.29 is 0 Å². The van der Waals surface area contributed by atoms with Gasteiger partial charge in [-0.25, -0.2) is 0 Å². The number of hydrogen-bond acceptors (Lipinski definition) is 2. The molecule has 30 heavy (non-hydrogen) atoms. The van der Waals surface area contributed by atoms with Crippen LogP contribution < -0.4 is 11.1 Å². The maximum atomic E-state index is 6.70. The molecular weight excluding hydrogens is 388 g/mol. The number of allylic oxidation sites excluding steroid dienone is 8. The molecule has 0 radical (unpaired) electrons. The molecule has 3 N–H and O–H groups in total. The largest absolute Gasteiger partial charge is 0.398 e. The summed E-state index contributed by atoms with van der Waals surface area (Å²) >= 11 is 6.70. The Morgan fingerprint density at radius 2 is 1.80 bits per heavy atom. The van der Waals surface area contributed by atoms with Crippen molar-refractivity contribution in [1.82, 2.24) is 0 Å². The monoisotopic (exact) mass is 416 g/mol. The van der Waals surface area contributed by atoms with Crippen LogP contribution in [-0.2, 0) is 11.8 Å². The van der Waals surface area contributed by atoms with Crippen LogP contribution in [0.15, 0.2) is 94.7 Å². The fourth-order valence-corrected chi connectivity index (χ4v) is 4.56. The lowest BCUT2D eigenvalue weighted by atomic mass is 9.80. The molecule has 2 nitrogen and oxygen atoms in total. The summed E-state index contributed by atoms with van der Waals surface area (Å²) in [5, 5.41) is 4.39. The highest BCUT2D eigenvalue weighted by atomic mass is 35.5. The molecule has 0 aromatic heterocycles. The molecule has 2 aromatic rings. The number of para-hydroxylation sites is 2. The van der Waals surface area contributed by atoms with Crippen LogP contribution in [0.3, 0.4) is 0 Å². The van der Waals surface area contributed by atoms with Crippen molar-refractivity contribution in [1.29, 1.82) is 0 Å². The Hall–Kier alpha value is -2.71. The zero-order valence-electron chi connectivity index (χ0n) is 17.7. The highest BCUT2D eigenvalue weighted by molar-refractivity contribution is 6.33. The molecule has 0 amide bonds. The summed E-state index contributed by atoms with van der Waals surface area (Å²) in [4.78, 5) is 0. The Bertz CT molecular complexity index is 1040. The van der Waals surface area contributed by atoms with Crippen molar-refractivity contribution >= 4 is 23.0 Å². The predicted octanol–water partition coefficient (Wildman–Crippen LogP) is 7.26. The van der Waals surface area contributed by atoms with Gasteiger partial charge in [-0.2, -0.15) is 0 Å². The first-order chi connectivity index (χ1) is 14.4. The van der Waals surface area contributed by atoms with Crippen LogP contribution in [0, 0.1) is 0 Å². The van der Waals surface area contributed by atoms with Crippen LogP contribution in [0.2, 0.25) is 0 Å². The third kappa shape index (κ3) is 4.39. The van der Waals surface area contributed by atoms with Gasteiger partial charge in [-0.3, -0.25) is 0 Å². The van der Waals surface area contributed by atoms with Gasteiger partial charge in [0, 0.05) is 28.5 Å². The first kappa shape index (κ1) is 20.6. The fraction of sp³-hybridized carbons (Fsp3) is 0.259. The van der Waals surface area contributed by atoms with E-state index >= 15 is 0 Å². The van der Waals surface area contributed by atoms with Crippen molar-refractivity contribution in [2.45, 2.75) is 44.9 Å². The molecule has 0 fully saturated rings. The molecule has 0 spiro atoms. The van der Waals surface area contributed by atoms with Gasteiger partial charge in [0.05, 0.1) is 0 Å². The Kier molecular flexibility index (Phi) is 5.87. The maximum Gasteiger partial charge on any atom is 0.0470 e. The summed E-state index contributed by atoms with van der Waals surface area (Å²) < 4.78 is 0. The number of hydrogen-bond donors (Lipinski definition) is 2. The van der Waals surface area contributed by atoms with Crippen molar-refractivity contribution in [3.63, 3.8) is 0 Å². The number of benzene rings is 2. The van der Waals surface area contributed by atoms with E-state index in [1.807, 2.05) is 12.1 Å². The van der Waals surface area contributed by atoms with Gasteiger partial charge in [0.2, 0.25) is 0 Å². The zero-order chi connectivity index (χ0) is 21.1. The lowest BCUT2D eigenvalue weighted by Crippen LogP contribution is -2.17. The molecular formula is C27H29ClN2. The second kappa shape index (κ2) is 8.57. The Morgan fingerprint density at radius 1 is 1.03 bits per heavy atom. The molecule has 0 saturated heterocycles. The molecule has 1 heterocycles. The quantitative estimate of drug-likeness (QED) is 0.503. The van der Waals surface area contributed by atoms with Gasteiger partial charge in [-0.15, -0.1) is 0 Å². The molecule has 2 aliphatic rings. The highest BCUT2D eigenvalue weighted by Gasteiger charge is 2.22. The topological polar surface area (TPSA) is 38.0 Å².